The zero-order valence-electron chi connectivity index (χ0n) is 18.0. The van der Waals surface area contributed by atoms with E-state index < -0.39 is 0 Å². The van der Waals surface area contributed by atoms with Crippen LogP contribution < -0.4 is 10.3 Å². The molecule has 6 nitrogen and oxygen atoms in total. The Kier molecular flexibility index (Phi) is 5.66. The lowest BCUT2D eigenvalue weighted by Gasteiger charge is -2.16. The van der Waals surface area contributed by atoms with Gasteiger partial charge in [0.2, 0.25) is 5.91 Å². The summed E-state index contributed by atoms with van der Waals surface area (Å²) in [4.78, 5) is 33.1. The van der Waals surface area contributed by atoms with E-state index in [1.807, 2.05) is 45.9 Å². The van der Waals surface area contributed by atoms with Gasteiger partial charge in [0, 0.05) is 42.6 Å². The van der Waals surface area contributed by atoms with Crippen LogP contribution in [-0.4, -0.2) is 40.6 Å². The zero-order chi connectivity index (χ0) is 22.1. The van der Waals surface area contributed by atoms with E-state index in [0.29, 0.717) is 31.6 Å². The second-order valence-electron chi connectivity index (χ2n) is 8.13. The van der Waals surface area contributed by atoms with Crippen molar-refractivity contribution in [1.82, 2.24) is 14.5 Å². The number of rotatable bonds is 7. The van der Waals surface area contributed by atoms with E-state index in [4.69, 9.17) is 9.72 Å². The molecule has 0 unspecified atom stereocenters. The van der Waals surface area contributed by atoms with Crippen molar-refractivity contribution in [3.05, 3.63) is 70.1 Å². The lowest BCUT2D eigenvalue weighted by Crippen LogP contribution is -2.29. The minimum atomic E-state index is -0.0513. The van der Waals surface area contributed by atoms with Crippen LogP contribution in [0.1, 0.15) is 30.5 Å². The Labute approximate surface area is 190 Å². The van der Waals surface area contributed by atoms with Crippen molar-refractivity contribution in [3.63, 3.8) is 0 Å². The average Bonchev–Trinajstić information content (AvgIpc) is 3.39. The molecule has 0 radical (unpaired) electrons. The molecule has 7 heteroatoms. The summed E-state index contributed by atoms with van der Waals surface area (Å²) in [6.45, 7) is 2.08. The van der Waals surface area contributed by atoms with Gasteiger partial charge in [0.15, 0.2) is 0 Å². The van der Waals surface area contributed by atoms with Crippen LogP contribution in [0, 0.1) is 0 Å². The lowest BCUT2D eigenvalue weighted by atomic mass is 10.1. The first-order valence-corrected chi connectivity index (χ1v) is 11.8. The molecule has 3 heterocycles. The Morgan fingerprint density at radius 3 is 2.62 bits per heavy atom. The summed E-state index contributed by atoms with van der Waals surface area (Å²) in [6, 6.07) is 15.9. The molecule has 2 aromatic heterocycles. The Balaban J connectivity index is 1.52. The average molecular weight is 448 g/mol. The van der Waals surface area contributed by atoms with Gasteiger partial charge in [-0.2, -0.15) is 0 Å². The summed E-state index contributed by atoms with van der Waals surface area (Å²) in [5.41, 5.74) is 2.42. The highest BCUT2D eigenvalue weighted by atomic mass is 32.1. The first-order valence-electron chi connectivity index (χ1n) is 11.0. The van der Waals surface area contributed by atoms with Gasteiger partial charge in [-0.25, -0.2) is 4.98 Å². The number of hydrogen-bond donors (Lipinski definition) is 0. The number of methoxy groups -OCH3 is 1. The number of nitrogens with zero attached hydrogens (tertiary/aromatic N) is 3. The maximum Gasteiger partial charge on any atom is 0.273 e. The van der Waals surface area contributed by atoms with Gasteiger partial charge in [-0.1, -0.05) is 30.3 Å². The maximum absolute atomic E-state index is 13.5. The normalized spacial score (nSPS) is 14.0. The molecular weight excluding hydrogens is 422 g/mol. The van der Waals surface area contributed by atoms with Gasteiger partial charge >= 0.3 is 0 Å². The minimum Gasteiger partial charge on any atom is -0.497 e. The molecule has 0 N–H and O–H groups in total. The standard InChI is InChI=1S/C25H25N3O3S/c1-31-18-11-9-17(10-12-18)16-20-25(30)28(15-5-14-27-13-4-8-22(27)29)23-19-6-2-3-7-21(19)32-24(23)26-20/h2-3,6-7,9-12H,4-5,8,13-16H2,1H3. The smallest absolute Gasteiger partial charge is 0.273 e. The Morgan fingerprint density at radius 2 is 1.88 bits per heavy atom. The van der Waals surface area contributed by atoms with Gasteiger partial charge < -0.3 is 14.2 Å². The first kappa shape index (κ1) is 20.7. The fourth-order valence-corrected chi connectivity index (χ4v) is 5.51. The topological polar surface area (TPSA) is 64.4 Å². The van der Waals surface area contributed by atoms with Crippen molar-refractivity contribution >= 4 is 37.7 Å². The van der Waals surface area contributed by atoms with Crippen molar-refractivity contribution in [3.8, 4) is 5.75 Å². The van der Waals surface area contributed by atoms with Crippen molar-refractivity contribution in [2.75, 3.05) is 20.2 Å². The largest absolute Gasteiger partial charge is 0.497 e. The fourth-order valence-electron chi connectivity index (χ4n) is 4.41. The quantitative estimate of drug-likeness (QED) is 0.425. The summed E-state index contributed by atoms with van der Waals surface area (Å²) < 4.78 is 8.24. The Morgan fingerprint density at radius 1 is 1.06 bits per heavy atom. The number of likely N-dealkylation sites (tertiary alicyclic amines) is 1. The van der Waals surface area contributed by atoms with Crippen LogP contribution in [0.5, 0.6) is 5.75 Å². The van der Waals surface area contributed by atoms with Crippen LogP contribution in [0.2, 0.25) is 0 Å². The predicted octanol–water partition coefficient (Wildman–Crippen LogP) is 4.22. The number of carbonyl (C=O) groups excluding carboxylic acids is 1. The van der Waals surface area contributed by atoms with Crippen LogP contribution in [0.4, 0.5) is 0 Å². The van der Waals surface area contributed by atoms with Crippen molar-refractivity contribution in [1.29, 1.82) is 0 Å². The predicted molar refractivity (Wildman–Crippen MR) is 128 cm³/mol. The molecule has 32 heavy (non-hydrogen) atoms. The minimum absolute atomic E-state index is 0.0513. The van der Waals surface area contributed by atoms with Crippen LogP contribution in [0.25, 0.3) is 20.4 Å². The van der Waals surface area contributed by atoms with Gasteiger partial charge in [0.05, 0.1) is 12.6 Å². The number of aryl methyl sites for hydroxylation is 1. The van der Waals surface area contributed by atoms with Gasteiger partial charge in [-0.15, -0.1) is 11.3 Å². The highest BCUT2D eigenvalue weighted by Crippen LogP contribution is 2.32. The highest BCUT2D eigenvalue weighted by molar-refractivity contribution is 7.25. The number of carbonyl (C=O) groups is 1. The molecule has 1 fully saturated rings. The molecule has 164 valence electrons. The Hall–Kier alpha value is -3.19. The molecule has 0 atom stereocenters. The highest BCUT2D eigenvalue weighted by Gasteiger charge is 2.20. The molecule has 4 aromatic rings. The number of ether oxygens (including phenoxy) is 1. The van der Waals surface area contributed by atoms with Gasteiger partial charge in [-0.05, 0) is 36.6 Å². The summed E-state index contributed by atoms with van der Waals surface area (Å²) in [5, 5.41) is 1.06. The van der Waals surface area contributed by atoms with Crippen LogP contribution >= 0.6 is 11.3 Å². The van der Waals surface area contributed by atoms with Crippen LogP contribution in [0.3, 0.4) is 0 Å². The van der Waals surface area contributed by atoms with Gasteiger partial charge in [0.1, 0.15) is 16.3 Å². The third-order valence-corrected chi connectivity index (χ3v) is 7.12. The molecule has 0 bridgehead atoms. The molecule has 0 saturated carbocycles. The zero-order valence-corrected chi connectivity index (χ0v) is 18.9. The van der Waals surface area contributed by atoms with E-state index >= 15 is 0 Å². The molecule has 1 amide bonds. The number of fused-ring (bicyclic) bond motifs is 3. The molecule has 0 aliphatic carbocycles. The number of benzene rings is 2. The van der Waals surface area contributed by atoms with E-state index in [1.165, 1.54) is 0 Å². The molecule has 0 spiro atoms. The summed E-state index contributed by atoms with van der Waals surface area (Å²) >= 11 is 1.62. The van der Waals surface area contributed by atoms with Gasteiger partial charge in [0.25, 0.3) is 5.56 Å². The van der Waals surface area contributed by atoms with E-state index in [9.17, 15) is 9.59 Å². The monoisotopic (exact) mass is 447 g/mol. The van der Waals surface area contributed by atoms with Crippen LogP contribution in [0.15, 0.2) is 53.3 Å². The van der Waals surface area contributed by atoms with E-state index in [-0.39, 0.29) is 11.5 Å². The fraction of sp³-hybridized carbons (Fsp3) is 0.320. The molecular formula is C25H25N3O3S. The van der Waals surface area contributed by atoms with E-state index in [2.05, 4.69) is 12.1 Å². The maximum atomic E-state index is 13.5. The first-order chi connectivity index (χ1) is 15.6. The molecule has 5 rings (SSSR count). The van der Waals surface area contributed by atoms with Crippen molar-refractivity contribution in [2.24, 2.45) is 0 Å². The second-order valence-corrected chi connectivity index (χ2v) is 9.16. The third-order valence-electron chi connectivity index (χ3n) is 6.06. The summed E-state index contributed by atoms with van der Waals surface area (Å²) in [6.07, 6.45) is 2.79. The number of hydrogen-bond acceptors (Lipinski definition) is 5. The molecule has 1 aliphatic rings. The molecule has 1 saturated heterocycles. The number of amides is 1. The SMILES string of the molecule is COc1ccc(Cc2nc3sc4ccccc4c3n(CCCN3CCCC3=O)c2=O)cc1. The number of thiophene rings is 1. The van der Waals surface area contributed by atoms with Gasteiger partial charge in [-0.3, -0.25) is 9.59 Å². The van der Waals surface area contributed by atoms with Crippen molar-refractivity contribution in [2.45, 2.75) is 32.2 Å². The van der Waals surface area contributed by atoms with Crippen LogP contribution in [-0.2, 0) is 17.8 Å². The summed E-state index contributed by atoms with van der Waals surface area (Å²) in [5.74, 6) is 1.01. The van der Waals surface area contributed by atoms with E-state index in [0.717, 1.165) is 51.1 Å². The Bertz CT molecular complexity index is 1340. The molecule has 1 aliphatic heterocycles. The third kappa shape index (κ3) is 3.88. The lowest BCUT2D eigenvalue weighted by molar-refractivity contribution is -0.127. The summed E-state index contributed by atoms with van der Waals surface area (Å²) in [7, 11) is 1.64. The number of aromatic nitrogens is 2. The molecule has 2 aromatic carbocycles. The van der Waals surface area contributed by atoms with Crippen molar-refractivity contribution < 1.29 is 9.53 Å². The van der Waals surface area contributed by atoms with E-state index in [1.54, 1.807) is 18.4 Å². The second kappa shape index (κ2) is 8.74.